The van der Waals surface area contributed by atoms with Gasteiger partial charge in [-0.05, 0) is 12.5 Å². The van der Waals surface area contributed by atoms with E-state index in [0.717, 1.165) is 5.56 Å². The number of hydrogen-bond donors (Lipinski definition) is 1. The molecule has 0 unspecified atom stereocenters. The van der Waals surface area contributed by atoms with E-state index in [1.54, 1.807) is 13.2 Å². The van der Waals surface area contributed by atoms with Crippen molar-refractivity contribution in [3.63, 3.8) is 0 Å². The quantitative estimate of drug-likeness (QED) is 0.816. The van der Waals surface area contributed by atoms with Crippen molar-refractivity contribution in [3.05, 3.63) is 16.7 Å². The van der Waals surface area contributed by atoms with Gasteiger partial charge in [-0.25, -0.2) is 0 Å². The van der Waals surface area contributed by atoms with Crippen LogP contribution in [0.2, 0.25) is 5.02 Å². The predicted octanol–water partition coefficient (Wildman–Crippen LogP) is 2.58. The zero-order valence-electron chi connectivity index (χ0n) is 10.6. The van der Waals surface area contributed by atoms with E-state index in [1.165, 1.54) is 14.2 Å². The van der Waals surface area contributed by atoms with Crippen LogP contribution in [-0.4, -0.2) is 26.3 Å². The van der Waals surface area contributed by atoms with Crippen LogP contribution in [0.1, 0.15) is 12.0 Å². The Kier molecular flexibility index (Phi) is 5.50. The van der Waals surface area contributed by atoms with E-state index in [1.807, 2.05) is 0 Å². The van der Waals surface area contributed by atoms with Gasteiger partial charge in [0.25, 0.3) is 0 Å². The van der Waals surface area contributed by atoms with Crippen molar-refractivity contribution < 1.29 is 14.2 Å². The van der Waals surface area contributed by atoms with E-state index >= 15 is 0 Å². The predicted molar refractivity (Wildman–Crippen MR) is 76.2 cm³/mol. The molecule has 0 aromatic heterocycles. The van der Waals surface area contributed by atoms with E-state index in [2.05, 4.69) is 0 Å². The molecule has 0 aliphatic carbocycles. The molecule has 0 saturated heterocycles. The number of rotatable bonds is 6. The van der Waals surface area contributed by atoms with Gasteiger partial charge < -0.3 is 19.9 Å². The number of hydrogen-bond acceptors (Lipinski definition) is 4. The monoisotopic (exact) mass is 289 g/mol. The smallest absolute Gasteiger partial charge is 0.205 e. The summed E-state index contributed by atoms with van der Waals surface area (Å²) < 4.78 is 15.8. The molecule has 1 aromatic rings. The highest BCUT2D eigenvalue weighted by Gasteiger charge is 2.19. The number of ether oxygens (including phenoxy) is 3. The van der Waals surface area contributed by atoms with Crippen molar-refractivity contribution in [1.82, 2.24) is 0 Å². The Bertz CT molecular complexity index is 451. The number of nitrogens with two attached hydrogens (primary N) is 1. The third kappa shape index (κ3) is 3.17. The Morgan fingerprint density at radius 3 is 2.17 bits per heavy atom. The number of benzene rings is 1. The van der Waals surface area contributed by atoms with Crippen LogP contribution in [0.15, 0.2) is 6.07 Å². The fourth-order valence-electron chi connectivity index (χ4n) is 1.68. The lowest BCUT2D eigenvalue weighted by Gasteiger charge is -2.17. The molecule has 0 fully saturated rings. The Morgan fingerprint density at radius 2 is 1.72 bits per heavy atom. The third-order valence-electron chi connectivity index (χ3n) is 2.48. The lowest BCUT2D eigenvalue weighted by Crippen LogP contribution is -2.09. The average molecular weight is 290 g/mol. The Balaban J connectivity index is 3.25. The number of halogens is 1. The summed E-state index contributed by atoms with van der Waals surface area (Å²) >= 11 is 11.0. The number of thiocarbonyl (C=S) groups is 1. The molecule has 1 rings (SSSR count). The summed E-state index contributed by atoms with van der Waals surface area (Å²) in [4.78, 5) is 0.447. The summed E-state index contributed by atoms with van der Waals surface area (Å²) in [7, 11) is 4.63. The second-order valence-corrected chi connectivity index (χ2v) is 4.52. The molecule has 0 atom stereocenters. The maximum Gasteiger partial charge on any atom is 0.205 e. The van der Waals surface area contributed by atoms with Gasteiger partial charge in [0.2, 0.25) is 5.75 Å². The van der Waals surface area contributed by atoms with Crippen molar-refractivity contribution >= 4 is 28.8 Å². The maximum atomic E-state index is 6.13. The first-order valence-electron chi connectivity index (χ1n) is 5.30. The summed E-state index contributed by atoms with van der Waals surface area (Å²) in [5.74, 6) is 1.52. The molecule has 0 spiro atoms. The van der Waals surface area contributed by atoms with Gasteiger partial charge in [-0.2, -0.15) is 0 Å². The van der Waals surface area contributed by atoms with E-state index in [4.69, 9.17) is 43.8 Å². The van der Waals surface area contributed by atoms with E-state index in [0.29, 0.717) is 40.1 Å². The lowest BCUT2D eigenvalue weighted by atomic mass is 10.1. The summed E-state index contributed by atoms with van der Waals surface area (Å²) in [6, 6.07) is 1.78. The first-order valence-corrected chi connectivity index (χ1v) is 6.09. The van der Waals surface area contributed by atoms with Gasteiger partial charge >= 0.3 is 0 Å². The SMILES string of the molecule is COc1c(Cl)cc(CCC(N)=S)c(OC)c1OC. The van der Waals surface area contributed by atoms with Crippen LogP contribution in [0.3, 0.4) is 0 Å². The van der Waals surface area contributed by atoms with Crippen LogP contribution >= 0.6 is 23.8 Å². The van der Waals surface area contributed by atoms with Crippen molar-refractivity contribution in [3.8, 4) is 17.2 Å². The van der Waals surface area contributed by atoms with Gasteiger partial charge in [0.15, 0.2) is 11.5 Å². The topological polar surface area (TPSA) is 53.7 Å². The highest BCUT2D eigenvalue weighted by atomic mass is 35.5. The molecule has 0 heterocycles. The minimum Gasteiger partial charge on any atom is -0.492 e. The van der Waals surface area contributed by atoms with E-state index in [9.17, 15) is 0 Å². The van der Waals surface area contributed by atoms with Gasteiger partial charge in [0, 0.05) is 12.0 Å². The molecule has 6 heteroatoms. The summed E-state index contributed by atoms with van der Waals surface area (Å²) in [6.45, 7) is 0. The largest absolute Gasteiger partial charge is 0.492 e. The van der Waals surface area contributed by atoms with Gasteiger partial charge in [-0.1, -0.05) is 23.8 Å². The summed E-state index contributed by atoms with van der Waals surface area (Å²) in [6.07, 6.45) is 1.22. The van der Waals surface area contributed by atoms with E-state index in [-0.39, 0.29) is 0 Å². The van der Waals surface area contributed by atoms with Gasteiger partial charge in [-0.15, -0.1) is 0 Å². The van der Waals surface area contributed by atoms with Crippen LogP contribution in [0, 0.1) is 0 Å². The lowest BCUT2D eigenvalue weighted by molar-refractivity contribution is 0.322. The maximum absolute atomic E-state index is 6.13. The number of methoxy groups -OCH3 is 3. The van der Waals surface area contributed by atoms with Gasteiger partial charge in [0.1, 0.15) is 0 Å². The molecule has 0 aliphatic rings. The molecular weight excluding hydrogens is 274 g/mol. The van der Waals surface area contributed by atoms with Crippen LogP contribution < -0.4 is 19.9 Å². The van der Waals surface area contributed by atoms with Crippen molar-refractivity contribution in [2.24, 2.45) is 5.73 Å². The minimum absolute atomic E-state index is 0.447. The zero-order chi connectivity index (χ0) is 13.7. The summed E-state index contributed by atoms with van der Waals surface area (Å²) in [5.41, 5.74) is 6.38. The standard InChI is InChI=1S/C12H16ClNO3S/c1-15-10-7(4-5-9(14)18)6-8(13)11(16-2)12(10)17-3/h6H,4-5H2,1-3H3,(H2,14,18). The molecule has 0 amide bonds. The van der Waals surface area contributed by atoms with Gasteiger partial charge in [0.05, 0.1) is 31.3 Å². The fourth-order valence-corrected chi connectivity index (χ4v) is 2.08. The fraction of sp³-hybridized carbons (Fsp3) is 0.417. The van der Waals surface area contributed by atoms with Crippen LogP contribution in [0.5, 0.6) is 17.2 Å². The average Bonchev–Trinajstić information content (AvgIpc) is 2.34. The molecule has 2 N–H and O–H groups in total. The first kappa shape index (κ1) is 14.9. The van der Waals surface area contributed by atoms with Crippen LogP contribution in [-0.2, 0) is 6.42 Å². The zero-order valence-corrected chi connectivity index (χ0v) is 12.2. The molecule has 18 heavy (non-hydrogen) atoms. The van der Waals surface area contributed by atoms with Crippen LogP contribution in [0.25, 0.3) is 0 Å². The Labute approximate surface area is 117 Å². The summed E-state index contributed by atoms with van der Waals surface area (Å²) in [5, 5.41) is 0.466. The van der Waals surface area contributed by atoms with Crippen molar-refractivity contribution in [2.45, 2.75) is 12.8 Å². The Hall–Kier alpha value is -1.20. The van der Waals surface area contributed by atoms with Gasteiger partial charge in [-0.3, -0.25) is 0 Å². The molecule has 100 valence electrons. The first-order chi connectivity index (χ1) is 8.54. The van der Waals surface area contributed by atoms with Crippen LogP contribution in [0.4, 0.5) is 0 Å². The molecule has 0 bridgehead atoms. The third-order valence-corrected chi connectivity index (χ3v) is 2.96. The number of aryl methyl sites for hydroxylation is 1. The molecule has 0 radical (unpaired) electrons. The minimum atomic E-state index is 0.447. The molecule has 0 saturated carbocycles. The Morgan fingerprint density at radius 1 is 1.17 bits per heavy atom. The normalized spacial score (nSPS) is 10.0. The molecular formula is C12H16ClNO3S. The highest BCUT2D eigenvalue weighted by Crippen LogP contribution is 2.45. The van der Waals surface area contributed by atoms with Crippen molar-refractivity contribution in [2.75, 3.05) is 21.3 Å². The second-order valence-electron chi connectivity index (χ2n) is 3.58. The molecule has 4 nitrogen and oxygen atoms in total. The van der Waals surface area contributed by atoms with Crippen molar-refractivity contribution in [1.29, 1.82) is 0 Å². The second kappa shape index (κ2) is 6.66. The molecule has 1 aromatic carbocycles. The highest BCUT2D eigenvalue weighted by molar-refractivity contribution is 7.80. The van der Waals surface area contributed by atoms with E-state index < -0.39 is 0 Å². The molecule has 0 aliphatic heterocycles.